The van der Waals surface area contributed by atoms with Gasteiger partial charge in [0.05, 0.1) is 16.1 Å². The maximum Gasteiger partial charge on any atom is 0.268 e. The third kappa shape index (κ3) is 3.47. The Labute approximate surface area is 175 Å². The zero-order valence-electron chi connectivity index (χ0n) is 16.6. The SMILES string of the molecule is [N-]=[N+]=NCCC1CCCCC1(O)c1cc2ccccc2n1S(=O)(=O)c1ccccc1. The van der Waals surface area contributed by atoms with E-state index in [4.69, 9.17) is 5.53 Å². The quantitative estimate of drug-likeness (QED) is 0.343. The van der Waals surface area contributed by atoms with E-state index in [0.29, 0.717) is 24.1 Å². The number of benzene rings is 2. The van der Waals surface area contributed by atoms with Crippen molar-refractivity contribution in [2.45, 2.75) is 42.6 Å². The summed E-state index contributed by atoms with van der Waals surface area (Å²) in [5.41, 5.74) is 8.24. The lowest BCUT2D eigenvalue weighted by Crippen LogP contribution is -2.41. The molecular formula is C22H24N4O3S. The van der Waals surface area contributed by atoms with E-state index in [2.05, 4.69) is 10.0 Å². The molecule has 1 saturated carbocycles. The van der Waals surface area contributed by atoms with Crippen LogP contribution in [0.4, 0.5) is 0 Å². The lowest BCUT2D eigenvalue weighted by Gasteiger charge is -2.40. The third-order valence-electron chi connectivity index (χ3n) is 6.07. The van der Waals surface area contributed by atoms with Crippen LogP contribution in [0, 0.1) is 5.92 Å². The predicted molar refractivity (Wildman–Crippen MR) is 115 cm³/mol. The molecule has 156 valence electrons. The fraction of sp³-hybridized carbons (Fsp3) is 0.364. The van der Waals surface area contributed by atoms with E-state index < -0.39 is 15.6 Å². The van der Waals surface area contributed by atoms with Crippen LogP contribution >= 0.6 is 0 Å². The van der Waals surface area contributed by atoms with Crippen molar-refractivity contribution in [3.63, 3.8) is 0 Å². The molecule has 0 spiro atoms. The molecule has 7 nitrogen and oxygen atoms in total. The van der Waals surface area contributed by atoms with Crippen molar-refractivity contribution in [3.05, 3.63) is 76.8 Å². The Morgan fingerprint density at radius 2 is 1.87 bits per heavy atom. The second kappa shape index (κ2) is 8.14. The summed E-state index contributed by atoms with van der Waals surface area (Å²) in [6.45, 7) is 0.273. The summed E-state index contributed by atoms with van der Waals surface area (Å²) in [6, 6.07) is 17.4. The molecule has 1 aliphatic rings. The van der Waals surface area contributed by atoms with Crippen LogP contribution in [0.15, 0.2) is 70.7 Å². The van der Waals surface area contributed by atoms with Gasteiger partial charge in [-0.15, -0.1) is 0 Å². The number of nitrogens with zero attached hydrogens (tertiary/aromatic N) is 4. The van der Waals surface area contributed by atoms with Crippen molar-refractivity contribution in [3.8, 4) is 0 Å². The van der Waals surface area contributed by atoms with Gasteiger partial charge in [-0.05, 0) is 55.0 Å². The lowest BCUT2D eigenvalue weighted by atomic mass is 9.72. The van der Waals surface area contributed by atoms with Crippen LogP contribution in [0.3, 0.4) is 0 Å². The van der Waals surface area contributed by atoms with E-state index in [1.54, 1.807) is 48.5 Å². The number of azide groups is 1. The van der Waals surface area contributed by atoms with Crippen LogP contribution in [-0.2, 0) is 15.6 Å². The molecule has 30 heavy (non-hydrogen) atoms. The molecule has 0 bridgehead atoms. The third-order valence-corrected chi connectivity index (χ3v) is 7.81. The number of aliphatic hydroxyl groups is 1. The number of hydrogen-bond acceptors (Lipinski definition) is 4. The fourth-order valence-corrected chi connectivity index (χ4v) is 6.20. The van der Waals surface area contributed by atoms with Crippen LogP contribution in [0.5, 0.6) is 0 Å². The summed E-state index contributed by atoms with van der Waals surface area (Å²) in [5, 5.41) is 16.3. The molecule has 1 N–H and O–H groups in total. The van der Waals surface area contributed by atoms with Gasteiger partial charge >= 0.3 is 0 Å². The van der Waals surface area contributed by atoms with Gasteiger partial charge in [0, 0.05) is 16.8 Å². The Morgan fingerprint density at radius 1 is 1.13 bits per heavy atom. The van der Waals surface area contributed by atoms with E-state index in [9.17, 15) is 13.5 Å². The molecule has 0 amide bonds. The first kappa shape index (κ1) is 20.5. The van der Waals surface area contributed by atoms with Crippen LogP contribution in [0.25, 0.3) is 21.3 Å². The molecule has 2 atom stereocenters. The second-order valence-electron chi connectivity index (χ2n) is 7.78. The first-order valence-electron chi connectivity index (χ1n) is 10.1. The molecule has 0 radical (unpaired) electrons. The zero-order chi connectivity index (χ0) is 21.2. The summed E-state index contributed by atoms with van der Waals surface area (Å²) < 4.78 is 28.6. The van der Waals surface area contributed by atoms with Crippen molar-refractivity contribution in [1.29, 1.82) is 0 Å². The predicted octanol–water partition coefficient (Wildman–Crippen LogP) is 4.96. The second-order valence-corrected chi connectivity index (χ2v) is 9.57. The van der Waals surface area contributed by atoms with Gasteiger partial charge in [-0.3, -0.25) is 0 Å². The minimum atomic E-state index is -3.91. The van der Waals surface area contributed by atoms with E-state index in [-0.39, 0.29) is 17.4 Å². The molecular weight excluding hydrogens is 400 g/mol. The number of aromatic nitrogens is 1. The topological polar surface area (TPSA) is 108 Å². The Morgan fingerprint density at radius 3 is 2.63 bits per heavy atom. The molecule has 0 saturated heterocycles. The molecule has 1 aliphatic carbocycles. The highest BCUT2D eigenvalue weighted by Gasteiger charge is 2.44. The van der Waals surface area contributed by atoms with Gasteiger partial charge in [0.25, 0.3) is 10.0 Å². The van der Waals surface area contributed by atoms with Gasteiger partial charge in [0.2, 0.25) is 0 Å². The van der Waals surface area contributed by atoms with Gasteiger partial charge in [0.15, 0.2) is 0 Å². The average molecular weight is 425 g/mol. The first-order valence-corrected chi connectivity index (χ1v) is 11.6. The number of para-hydroxylation sites is 1. The van der Waals surface area contributed by atoms with E-state index in [0.717, 1.165) is 24.6 Å². The number of rotatable bonds is 6. The van der Waals surface area contributed by atoms with Crippen molar-refractivity contribution in [1.82, 2.24) is 3.97 Å². The molecule has 0 aliphatic heterocycles. The van der Waals surface area contributed by atoms with Crippen molar-refractivity contribution >= 4 is 20.9 Å². The Balaban J connectivity index is 1.93. The van der Waals surface area contributed by atoms with Crippen LogP contribution in [0.2, 0.25) is 0 Å². The summed E-state index contributed by atoms with van der Waals surface area (Å²) in [6.07, 6.45) is 3.49. The lowest BCUT2D eigenvalue weighted by molar-refractivity contribution is -0.0603. The van der Waals surface area contributed by atoms with E-state index in [1.807, 2.05) is 12.1 Å². The normalized spacial score (nSPS) is 22.0. The summed E-state index contributed by atoms with van der Waals surface area (Å²) >= 11 is 0. The van der Waals surface area contributed by atoms with Crippen LogP contribution in [0.1, 0.15) is 37.8 Å². The number of fused-ring (bicyclic) bond motifs is 1. The molecule has 3 aromatic rings. The van der Waals surface area contributed by atoms with E-state index >= 15 is 0 Å². The minimum absolute atomic E-state index is 0.178. The average Bonchev–Trinajstić information content (AvgIpc) is 3.17. The van der Waals surface area contributed by atoms with Crippen molar-refractivity contribution in [2.24, 2.45) is 11.0 Å². The zero-order valence-corrected chi connectivity index (χ0v) is 17.4. The van der Waals surface area contributed by atoms with Gasteiger partial charge in [0.1, 0.15) is 5.60 Å². The Hall–Kier alpha value is -2.80. The van der Waals surface area contributed by atoms with Crippen molar-refractivity contribution < 1.29 is 13.5 Å². The summed E-state index contributed by atoms with van der Waals surface area (Å²) in [5.74, 6) is -0.189. The fourth-order valence-electron chi connectivity index (χ4n) is 4.59. The molecule has 1 heterocycles. The van der Waals surface area contributed by atoms with Gasteiger partial charge in [-0.2, -0.15) is 0 Å². The summed E-state index contributed by atoms with van der Waals surface area (Å²) in [4.78, 5) is 2.99. The highest BCUT2D eigenvalue weighted by atomic mass is 32.2. The largest absolute Gasteiger partial charge is 0.383 e. The molecule has 2 aromatic carbocycles. The number of hydrogen-bond donors (Lipinski definition) is 1. The van der Waals surface area contributed by atoms with Gasteiger partial charge in [-0.25, -0.2) is 12.4 Å². The summed E-state index contributed by atoms with van der Waals surface area (Å²) in [7, 11) is -3.91. The molecule has 8 heteroatoms. The maximum absolute atomic E-state index is 13.7. The van der Waals surface area contributed by atoms with Crippen LogP contribution < -0.4 is 0 Å². The standard InChI is InChI=1S/C22H24N4O3S/c23-25-24-15-13-18-9-6-7-14-22(18,27)21-16-17-8-4-5-12-20(17)26(21)30(28,29)19-10-2-1-3-11-19/h1-5,8,10-12,16,18,27H,6-7,9,13-15H2. The van der Waals surface area contributed by atoms with Gasteiger partial charge in [-0.1, -0.05) is 54.4 Å². The smallest absolute Gasteiger partial charge is 0.268 e. The Kier molecular flexibility index (Phi) is 5.56. The van der Waals surface area contributed by atoms with E-state index in [1.165, 1.54) is 3.97 Å². The monoisotopic (exact) mass is 424 g/mol. The van der Waals surface area contributed by atoms with Gasteiger partial charge < -0.3 is 5.11 Å². The highest BCUT2D eigenvalue weighted by Crippen LogP contribution is 2.45. The highest BCUT2D eigenvalue weighted by molar-refractivity contribution is 7.90. The maximum atomic E-state index is 13.7. The molecule has 1 aromatic heterocycles. The van der Waals surface area contributed by atoms with Crippen LogP contribution in [-0.4, -0.2) is 24.0 Å². The van der Waals surface area contributed by atoms with Crippen molar-refractivity contribution in [2.75, 3.05) is 6.54 Å². The molecule has 2 unspecified atom stereocenters. The molecule has 4 rings (SSSR count). The molecule has 1 fully saturated rings. The minimum Gasteiger partial charge on any atom is -0.383 e. The Bertz CT molecular complexity index is 1200. The first-order chi connectivity index (χ1) is 14.5.